The van der Waals surface area contributed by atoms with E-state index in [0.29, 0.717) is 22.4 Å². The molecule has 0 fully saturated rings. The molecule has 0 aliphatic heterocycles. The van der Waals surface area contributed by atoms with Crippen LogP contribution >= 0.6 is 27.5 Å². The maximum Gasteiger partial charge on any atom is 0.151 e. The molecule has 1 rings (SSSR count). The molecule has 1 aromatic carbocycles. The van der Waals surface area contributed by atoms with Crippen molar-refractivity contribution in [3.05, 3.63) is 34.3 Å². The highest BCUT2D eigenvalue weighted by Crippen LogP contribution is 2.29. The Morgan fingerprint density at radius 1 is 1.57 bits per heavy atom. The van der Waals surface area contributed by atoms with Crippen molar-refractivity contribution >= 4 is 39.6 Å². The van der Waals surface area contributed by atoms with Crippen LogP contribution < -0.4 is 0 Å². The molecule has 1 aromatic rings. The number of aldehydes is 1. The zero-order valence-corrected chi connectivity index (χ0v) is 9.80. The van der Waals surface area contributed by atoms with Crippen LogP contribution in [0.4, 0.5) is 0 Å². The Morgan fingerprint density at radius 3 is 2.71 bits per heavy atom. The fourth-order valence-electron chi connectivity index (χ4n) is 1.12. The van der Waals surface area contributed by atoms with Gasteiger partial charge in [-0.3, -0.25) is 9.59 Å². The SMILES string of the molecule is CC(=O)C(Br)c1cccc(Cl)c1C=O. The van der Waals surface area contributed by atoms with Gasteiger partial charge in [-0.2, -0.15) is 0 Å². The molecule has 14 heavy (non-hydrogen) atoms. The number of benzene rings is 1. The summed E-state index contributed by atoms with van der Waals surface area (Å²) in [7, 11) is 0. The Morgan fingerprint density at radius 2 is 2.21 bits per heavy atom. The van der Waals surface area contributed by atoms with E-state index in [0.717, 1.165) is 0 Å². The Bertz CT molecular complexity index is 376. The molecule has 0 heterocycles. The van der Waals surface area contributed by atoms with Crippen LogP contribution in [0, 0.1) is 0 Å². The first kappa shape index (κ1) is 11.4. The number of hydrogen-bond donors (Lipinski definition) is 0. The third-order valence-corrected chi connectivity index (χ3v) is 3.30. The van der Waals surface area contributed by atoms with Gasteiger partial charge in [-0.15, -0.1) is 0 Å². The molecular formula is C10H8BrClO2. The maximum atomic E-state index is 11.1. The van der Waals surface area contributed by atoms with Crippen LogP contribution in [0.3, 0.4) is 0 Å². The number of hydrogen-bond acceptors (Lipinski definition) is 2. The lowest BCUT2D eigenvalue weighted by Gasteiger charge is -2.09. The van der Waals surface area contributed by atoms with E-state index in [1.165, 1.54) is 6.92 Å². The summed E-state index contributed by atoms with van der Waals surface area (Å²) in [6, 6.07) is 5.03. The average molecular weight is 276 g/mol. The molecule has 0 radical (unpaired) electrons. The molecule has 1 unspecified atom stereocenters. The van der Waals surface area contributed by atoms with E-state index < -0.39 is 4.83 Å². The monoisotopic (exact) mass is 274 g/mol. The molecule has 0 aromatic heterocycles. The van der Waals surface area contributed by atoms with E-state index >= 15 is 0 Å². The second kappa shape index (κ2) is 4.71. The Balaban J connectivity index is 3.26. The molecule has 0 aliphatic rings. The topological polar surface area (TPSA) is 34.1 Å². The Hall–Kier alpha value is -0.670. The van der Waals surface area contributed by atoms with Gasteiger partial charge >= 0.3 is 0 Å². The van der Waals surface area contributed by atoms with Crippen LogP contribution in [0.15, 0.2) is 18.2 Å². The van der Waals surface area contributed by atoms with Crippen molar-refractivity contribution in [2.45, 2.75) is 11.8 Å². The van der Waals surface area contributed by atoms with Gasteiger partial charge in [-0.25, -0.2) is 0 Å². The summed E-state index contributed by atoms with van der Waals surface area (Å²) >= 11 is 9.02. The zero-order chi connectivity index (χ0) is 10.7. The van der Waals surface area contributed by atoms with Gasteiger partial charge in [-0.05, 0) is 18.6 Å². The quantitative estimate of drug-likeness (QED) is 0.627. The first-order chi connectivity index (χ1) is 6.57. The Labute approximate surface area is 95.4 Å². The van der Waals surface area contributed by atoms with Crippen LogP contribution in [-0.4, -0.2) is 12.1 Å². The number of alkyl halides is 1. The fourth-order valence-corrected chi connectivity index (χ4v) is 1.74. The van der Waals surface area contributed by atoms with Crippen LogP contribution in [0.25, 0.3) is 0 Å². The van der Waals surface area contributed by atoms with Crippen molar-refractivity contribution in [3.8, 4) is 0 Å². The number of halogens is 2. The van der Waals surface area contributed by atoms with Crippen LogP contribution in [0.1, 0.15) is 27.7 Å². The highest BCUT2D eigenvalue weighted by atomic mass is 79.9. The van der Waals surface area contributed by atoms with E-state index in [-0.39, 0.29) is 5.78 Å². The third kappa shape index (κ3) is 2.22. The molecule has 74 valence electrons. The Kier molecular flexibility index (Phi) is 3.84. The predicted octanol–water partition coefficient (Wildman–Crippen LogP) is 3.18. The predicted molar refractivity (Wildman–Crippen MR) is 59.2 cm³/mol. The molecule has 0 spiro atoms. The van der Waals surface area contributed by atoms with E-state index in [1.54, 1.807) is 18.2 Å². The number of Topliss-reactive ketones (excluding diaryl/α,β-unsaturated/α-hetero) is 1. The lowest BCUT2D eigenvalue weighted by atomic mass is 10.0. The minimum atomic E-state index is -0.471. The standard InChI is InChI=1S/C10H8BrClO2/c1-6(14)10(11)7-3-2-4-9(12)8(7)5-13/h2-5,10H,1H3. The van der Waals surface area contributed by atoms with Crippen LogP contribution in [-0.2, 0) is 4.79 Å². The van der Waals surface area contributed by atoms with Gasteiger partial charge < -0.3 is 0 Å². The molecule has 0 bridgehead atoms. The molecule has 0 amide bonds. The van der Waals surface area contributed by atoms with Crippen molar-refractivity contribution in [1.29, 1.82) is 0 Å². The second-order valence-electron chi connectivity index (χ2n) is 2.83. The molecule has 1 atom stereocenters. The highest BCUT2D eigenvalue weighted by Gasteiger charge is 2.17. The first-order valence-electron chi connectivity index (χ1n) is 3.96. The molecule has 0 aliphatic carbocycles. The smallest absolute Gasteiger partial charge is 0.151 e. The van der Waals surface area contributed by atoms with Gasteiger partial charge in [0.05, 0.1) is 9.85 Å². The number of rotatable bonds is 3. The molecular weight excluding hydrogens is 267 g/mol. The lowest BCUT2D eigenvalue weighted by Crippen LogP contribution is -2.04. The van der Waals surface area contributed by atoms with Crippen LogP contribution in [0.5, 0.6) is 0 Å². The summed E-state index contributed by atoms with van der Waals surface area (Å²) in [5, 5.41) is 0.364. The largest absolute Gasteiger partial charge is 0.298 e. The van der Waals surface area contributed by atoms with Crippen molar-refractivity contribution in [2.24, 2.45) is 0 Å². The molecule has 2 nitrogen and oxygen atoms in total. The summed E-state index contributed by atoms with van der Waals surface area (Å²) in [6.45, 7) is 1.45. The molecule has 0 saturated carbocycles. The molecule has 0 N–H and O–H groups in total. The zero-order valence-electron chi connectivity index (χ0n) is 7.46. The second-order valence-corrected chi connectivity index (χ2v) is 4.16. The minimum Gasteiger partial charge on any atom is -0.298 e. The fraction of sp³-hybridized carbons (Fsp3) is 0.200. The lowest BCUT2D eigenvalue weighted by molar-refractivity contribution is -0.116. The number of carbonyl (C=O) groups is 2. The average Bonchev–Trinajstić information content (AvgIpc) is 2.16. The summed E-state index contributed by atoms with van der Waals surface area (Å²) in [6.07, 6.45) is 0.662. The summed E-state index contributed by atoms with van der Waals surface area (Å²) in [5.74, 6) is -0.0598. The van der Waals surface area contributed by atoms with Crippen molar-refractivity contribution < 1.29 is 9.59 Å². The van der Waals surface area contributed by atoms with E-state index in [1.807, 2.05) is 0 Å². The van der Waals surface area contributed by atoms with E-state index in [9.17, 15) is 9.59 Å². The van der Waals surface area contributed by atoms with Gasteiger partial charge in [0.15, 0.2) is 6.29 Å². The summed E-state index contributed by atoms with van der Waals surface area (Å²) in [4.78, 5) is 21.4. The van der Waals surface area contributed by atoms with E-state index in [2.05, 4.69) is 15.9 Å². The third-order valence-electron chi connectivity index (χ3n) is 1.83. The summed E-state index contributed by atoms with van der Waals surface area (Å²) < 4.78 is 0. The first-order valence-corrected chi connectivity index (χ1v) is 5.25. The minimum absolute atomic E-state index is 0.0598. The van der Waals surface area contributed by atoms with Crippen molar-refractivity contribution in [3.63, 3.8) is 0 Å². The highest BCUT2D eigenvalue weighted by molar-refractivity contribution is 9.09. The van der Waals surface area contributed by atoms with Gasteiger partial charge in [0.1, 0.15) is 5.78 Å². The van der Waals surface area contributed by atoms with Crippen molar-refractivity contribution in [1.82, 2.24) is 0 Å². The molecule has 0 saturated heterocycles. The molecule has 4 heteroatoms. The van der Waals surface area contributed by atoms with Gasteiger partial charge in [0.25, 0.3) is 0 Å². The van der Waals surface area contributed by atoms with Crippen LogP contribution in [0.2, 0.25) is 5.02 Å². The maximum absolute atomic E-state index is 11.1. The van der Waals surface area contributed by atoms with Crippen molar-refractivity contribution in [2.75, 3.05) is 0 Å². The van der Waals surface area contributed by atoms with Gasteiger partial charge in [-0.1, -0.05) is 39.7 Å². The van der Waals surface area contributed by atoms with Gasteiger partial charge in [0.2, 0.25) is 0 Å². The van der Waals surface area contributed by atoms with Gasteiger partial charge in [0, 0.05) is 5.56 Å². The van der Waals surface area contributed by atoms with E-state index in [4.69, 9.17) is 11.6 Å². The number of carbonyl (C=O) groups excluding carboxylic acids is 2. The normalized spacial score (nSPS) is 12.2. The summed E-state index contributed by atoms with van der Waals surface area (Å²) in [5.41, 5.74) is 0.978. The number of ketones is 1.